The molecule has 94 valence electrons. The first-order valence-corrected chi connectivity index (χ1v) is 5.55. The lowest BCUT2D eigenvalue weighted by atomic mass is 10.0. The third-order valence-electron chi connectivity index (χ3n) is 2.34. The van der Waals surface area contributed by atoms with E-state index < -0.39 is 12.1 Å². The summed E-state index contributed by atoms with van der Waals surface area (Å²) in [6, 6.07) is 1.59. The van der Waals surface area contributed by atoms with Gasteiger partial charge in [-0.05, 0) is 34.5 Å². The van der Waals surface area contributed by atoms with Gasteiger partial charge >= 0.3 is 5.97 Å². The van der Waals surface area contributed by atoms with E-state index in [1.54, 1.807) is 13.0 Å². The van der Waals surface area contributed by atoms with Gasteiger partial charge in [-0.1, -0.05) is 0 Å². The van der Waals surface area contributed by atoms with Crippen LogP contribution in [0.4, 0.5) is 0 Å². The van der Waals surface area contributed by atoms with Crippen molar-refractivity contribution in [2.75, 3.05) is 14.2 Å². The summed E-state index contributed by atoms with van der Waals surface area (Å²) >= 11 is 3.21. The standard InChI is InChI=1S/C11H13BrO5/c1-5-4-6(16-2)9(13)7(8(5)12)10(14)11(15)17-3/h4,10,13-14H,1-3H3. The molecule has 0 saturated heterocycles. The van der Waals surface area contributed by atoms with Gasteiger partial charge in [0.15, 0.2) is 17.6 Å². The van der Waals surface area contributed by atoms with Gasteiger partial charge in [0, 0.05) is 4.47 Å². The van der Waals surface area contributed by atoms with Gasteiger partial charge in [0.05, 0.1) is 19.8 Å². The van der Waals surface area contributed by atoms with E-state index in [9.17, 15) is 15.0 Å². The van der Waals surface area contributed by atoms with Crippen molar-refractivity contribution in [1.29, 1.82) is 0 Å². The molecule has 0 bridgehead atoms. The molecular weight excluding hydrogens is 292 g/mol. The van der Waals surface area contributed by atoms with Crippen molar-refractivity contribution in [2.24, 2.45) is 0 Å². The lowest BCUT2D eigenvalue weighted by molar-refractivity contribution is -0.150. The number of ether oxygens (including phenoxy) is 2. The molecular formula is C11H13BrO5. The van der Waals surface area contributed by atoms with E-state index in [0.29, 0.717) is 4.47 Å². The molecule has 5 nitrogen and oxygen atoms in total. The highest BCUT2D eigenvalue weighted by Gasteiger charge is 2.27. The van der Waals surface area contributed by atoms with E-state index in [1.165, 1.54) is 7.11 Å². The van der Waals surface area contributed by atoms with Crippen LogP contribution in [0, 0.1) is 6.92 Å². The predicted molar refractivity (Wildman–Crippen MR) is 64.1 cm³/mol. The zero-order chi connectivity index (χ0) is 13.2. The van der Waals surface area contributed by atoms with Gasteiger partial charge in [0.2, 0.25) is 0 Å². The van der Waals surface area contributed by atoms with Crippen molar-refractivity contribution < 1.29 is 24.5 Å². The van der Waals surface area contributed by atoms with Crippen molar-refractivity contribution >= 4 is 21.9 Å². The molecule has 0 radical (unpaired) electrons. The molecule has 0 fully saturated rings. The molecule has 0 saturated carbocycles. The number of aliphatic hydroxyl groups excluding tert-OH is 1. The molecule has 1 atom stereocenters. The third-order valence-corrected chi connectivity index (χ3v) is 3.39. The molecule has 17 heavy (non-hydrogen) atoms. The molecule has 0 aliphatic heterocycles. The monoisotopic (exact) mass is 304 g/mol. The molecule has 0 heterocycles. The molecule has 6 heteroatoms. The van der Waals surface area contributed by atoms with Gasteiger partial charge in [-0.2, -0.15) is 0 Å². The molecule has 1 rings (SSSR count). The Hall–Kier alpha value is -1.27. The highest BCUT2D eigenvalue weighted by molar-refractivity contribution is 9.10. The second kappa shape index (κ2) is 5.37. The average Bonchev–Trinajstić information content (AvgIpc) is 2.32. The number of halogens is 1. The van der Waals surface area contributed by atoms with Crippen molar-refractivity contribution in [3.63, 3.8) is 0 Å². The van der Waals surface area contributed by atoms with Crippen LogP contribution in [0.3, 0.4) is 0 Å². The number of aromatic hydroxyl groups is 1. The summed E-state index contributed by atoms with van der Waals surface area (Å²) in [4.78, 5) is 11.3. The van der Waals surface area contributed by atoms with Crippen molar-refractivity contribution in [3.05, 3.63) is 21.7 Å². The summed E-state index contributed by atoms with van der Waals surface area (Å²) < 4.78 is 9.82. The summed E-state index contributed by atoms with van der Waals surface area (Å²) in [6.45, 7) is 1.75. The zero-order valence-corrected chi connectivity index (χ0v) is 11.2. The number of carbonyl (C=O) groups excluding carboxylic acids is 1. The largest absolute Gasteiger partial charge is 0.504 e. The third kappa shape index (κ3) is 2.53. The van der Waals surface area contributed by atoms with Crippen LogP contribution in [-0.4, -0.2) is 30.4 Å². The number of aryl methyl sites for hydroxylation is 1. The number of carbonyl (C=O) groups is 1. The van der Waals surface area contributed by atoms with Crippen molar-refractivity contribution in [1.82, 2.24) is 0 Å². The molecule has 0 aliphatic rings. The van der Waals surface area contributed by atoms with E-state index in [2.05, 4.69) is 20.7 Å². The van der Waals surface area contributed by atoms with Crippen molar-refractivity contribution in [3.8, 4) is 11.5 Å². The minimum atomic E-state index is -1.57. The number of phenolic OH excluding ortho intramolecular Hbond substituents is 1. The summed E-state index contributed by atoms with van der Waals surface area (Å²) in [5.41, 5.74) is 0.756. The van der Waals surface area contributed by atoms with Crippen LogP contribution in [0.1, 0.15) is 17.2 Å². The first kappa shape index (κ1) is 13.8. The van der Waals surface area contributed by atoms with Gasteiger partial charge in [-0.3, -0.25) is 0 Å². The van der Waals surface area contributed by atoms with Crippen molar-refractivity contribution in [2.45, 2.75) is 13.0 Å². The summed E-state index contributed by atoms with van der Waals surface area (Å²) in [5, 5.41) is 19.7. The minimum Gasteiger partial charge on any atom is -0.504 e. The first-order valence-electron chi connectivity index (χ1n) is 4.75. The van der Waals surface area contributed by atoms with Crippen LogP contribution < -0.4 is 4.74 Å². The van der Waals surface area contributed by atoms with E-state index in [0.717, 1.165) is 12.7 Å². The normalized spacial score (nSPS) is 12.1. The Bertz CT molecular complexity index is 444. The van der Waals surface area contributed by atoms with Crippen LogP contribution in [0.5, 0.6) is 11.5 Å². The zero-order valence-electron chi connectivity index (χ0n) is 9.65. The van der Waals surface area contributed by atoms with Gasteiger partial charge in [-0.25, -0.2) is 4.79 Å². The molecule has 0 aromatic heterocycles. The predicted octanol–water partition coefficient (Wildman–Crippen LogP) is 1.68. The Morgan fingerprint density at radius 1 is 1.47 bits per heavy atom. The van der Waals surface area contributed by atoms with E-state index in [1.807, 2.05) is 0 Å². The van der Waals surface area contributed by atoms with Gasteiger partial charge in [0.25, 0.3) is 0 Å². The molecule has 0 spiro atoms. The van der Waals surface area contributed by atoms with Crippen LogP contribution in [0.15, 0.2) is 10.5 Å². The Morgan fingerprint density at radius 3 is 2.53 bits per heavy atom. The Kier molecular flexibility index (Phi) is 4.36. The van der Waals surface area contributed by atoms with Crippen LogP contribution in [0.2, 0.25) is 0 Å². The lowest BCUT2D eigenvalue weighted by Gasteiger charge is -2.16. The number of aliphatic hydroxyl groups is 1. The van der Waals surface area contributed by atoms with E-state index >= 15 is 0 Å². The number of rotatable bonds is 3. The SMILES string of the molecule is COC(=O)C(O)c1c(O)c(OC)cc(C)c1Br. The first-order chi connectivity index (χ1) is 7.93. The lowest BCUT2D eigenvalue weighted by Crippen LogP contribution is -2.14. The number of esters is 1. The number of hydrogen-bond donors (Lipinski definition) is 2. The van der Waals surface area contributed by atoms with Crippen LogP contribution in [-0.2, 0) is 9.53 Å². The Balaban J connectivity index is 3.40. The van der Waals surface area contributed by atoms with E-state index in [-0.39, 0.29) is 17.1 Å². The highest BCUT2D eigenvalue weighted by atomic mass is 79.9. The van der Waals surface area contributed by atoms with Crippen LogP contribution in [0.25, 0.3) is 0 Å². The Morgan fingerprint density at radius 2 is 2.06 bits per heavy atom. The van der Waals surface area contributed by atoms with Gasteiger partial charge in [-0.15, -0.1) is 0 Å². The van der Waals surface area contributed by atoms with Gasteiger partial charge in [0.1, 0.15) is 0 Å². The summed E-state index contributed by atoms with van der Waals surface area (Å²) in [7, 11) is 2.54. The maximum absolute atomic E-state index is 11.3. The molecule has 0 amide bonds. The van der Waals surface area contributed by atoms with Crippen LogP contribution >= 0.6 is 15.9 Å². The number of methoxy groups -OCH3 is 2. The number of phenols is 1. The molecule has 1 unspecified atom stereocenters. The second-order valence-electron chi connectivity index (χ2n) is 3.40. The fraction of sp³-hybridized carbons (Fsp3) is 0.364. The molecule has 0 aliphatic carbocycles. The highest BCUT2D eigenvalue weighted by Crippen LogP contribution is 2.41. The topological polar surface area (TPSA) is 76.0 Å². The summed E-state index contributed by atoms with van der Waals surface area (Å²) in [6.07, 6.45) is -1.57. The minimum absolute atomic E-state index is 0.0358. The number of benzene rings is 1. The van der Waals surface area contributed by atoms with E-state index in [4.69, 9.17) is 4.74 Å². The summed E-state index contributed by atoms with van der Waals surface area (Å²) in [5.74, 6) is -0.958. The fourth-order valence-electron chi connectivity index (χ4n) is 1.41. The maximum Gasteiger partial charge on any atom is 0.339 e. The second-order valence-corrected chi connectivity index (χ2v) is 4.19. The smallest absolute Gasteiger partial charge is 0.339 e. The van der Waals surface area contributed by atoms with Gasteiger partial charge < -0.3 is 19.7 Å². The quantitative estimate of drug-likeness (QED) is 0.831. The molecule has 1 aromatic rings. The average molecular weight is 305 g/mol. The fourth-order valence-corrected chi connectivity index (χ4v) is 1.93. The molecule has 2 N–H and O–H groups in total. The maximum atomic E-state index is 11.3. The molecule has 1 aromatic carbocycles. The Labute approximate surface area is 107 Å². The number of hydrogen-bond acceptors (Lipinski definition) is 5.